The number of nitrogens with zero attached hydrogens (tertiary/aromatic N) is 1. The van der Waals surface area contributed by atoms with Crippen molar-refractivity contribution in [3.63, 3.8) is 0 Å². The van der Waals surface area contributed by atoms with E-state index in [-0.39, 0.29) is 23.0 Å². The van der Waals surface area contributed by atoms with Gasteiger partial charge in [-0.05, 0) is 79.4 Å². The van der Waals surface area contributed by atoms with Gasteiger partial charge in [0, 0.05) is 27.6 Å². The normalized spacial score (nSPS) is 13.9. The van der Waals surface area contributed by atoms with Crippen LogP contribution in [0.15, 0.2) is 94.7 Å². The van der Waals surface area contributed by atoms with Crippen LogP contribution in [0.25, 0.3) is 11.0 Å². The summed E-state index contributed by atoms with van der Waals surface area (Å²) in [7, 11) is 0. The van der Waals surface area contributed by atoms with Crippen molar-refractivity contribution in [2.24, 2.45) is 5.73 Å². The van der Waals surface area contributed by atoms with E-state index in [0.29, 0.717) is 52.2 Å². The van der Waals surface area contributed by atoms with Gasteiger partial charge in [-0.25, -0.2) is 4.79 Å². The molecule has 0 fully saturated rings. The summed E-state index contributed by atoms with van der Waals surface area (Å²) in [6.07, 6.45) is 0.872. The number of furan rings is 1. The van der Waals surface area contributed by atoms with Gasteiger partial charge in [0.2, 0.25) is 11.6 Å². The summed E-state index contributed by atoms with van der Waals surface area (Å²) in [6.45, 7) is 6.52. The Bertz CT molecular complexity index is 2020. The lowest BCUT2D eigenvalue weighted by Gasteiger charge is -2.27. The first-order valence-corrected chi connectivity index (χ1v) is 15.3. The number of nitrogens with two attached hydrogens (primary N) is 1. The third-order valence-corrected chi connectivity index (χ3v) is 8.16. The molecule has 6 rings (SSSR count). The molecule has 1 atom stereocenters. The van der Waals surface area contributed by atoms with Gasteiger partial charge in [-0.3, -0.25) is 0 Å². The van der Waals surface area contributed by atoms with E-state index in [9.17, 15) is 10.1 Å². The van der Waals surface area contributed by atoms with Crippen molar-refractivity contribution in [2.45, 2.75) is 39.7 Å². The van der Waals surface area contributed by atoms with Gasteiger partial charge in [-0.15, -0.1) is 0 Å². The maximum atomic E-state index is 13.2. The van der Waals surface area contributed by atoms with Crippen LogP contribution in [0.2, 0.25) is 5.02 Å². The maximum absolute atomic E-state index is 13.2. The Morgan fingerprint density at radius 2 is 1.74 bits per heavy atom. The second-order valence-electron chi connectivity index (χ2n) is 10.8. The number of aryl methyl sites for hydroxylation is 2. The van der Waals surface area contributed by atoms with Gasteiger partial charge in [-0.1, -0.05) is 48.9 Å². The molecule has 2 heterocycles. The van der Waals surface area contributed by atoms with E-state index in [2.05, 4.69) is 13.0 Å². The molecule has 46 heavy (non-hydrogen) atoms. The molecule has 232 valence electrons. The van der Waals surface area contributed by atoms with Crippen LogP contribution in [0.1, 0.15) is 58.1 Å². The average Bonchev–Trinajstić information content (AvgIpc) is 3.39. The molecule has 0 spiro atoms. The van der Waals surface area contributed by atoms with Crippen molar-refractivity contribution < 1.29 is 28.2 Å². The Balaban J connectivity index is 1.28. The molecule has 0 amide bonds. The summed E-state index contributed by atoms with van der Waals surface area (Å²) >= 11 is 6.01. The topological polar surface area (TPSA) is 117 Å². The molecule has 2 N–H and O–H groups in total. The van der Waals surface area contributed by atoms with Crippen LogP contribution in [0, 0.1) is 18.3 Å². The van der Waals surface area contributed by atoms with Gasteiger partial charge in [0.05, 0.1) is 12.5 Å². The van der Waals surface area contributed by atoms with Crippen molar-refractivity contribution in [1.82, 2.24) is 0 Å². The van der Waals surface area contributed by atoms with Crippen LogP contribution in [0.3, 0.4) is 0 Å². The number of fused-ring (bicyclic) bond motifs is 2. The minimum atomic E-state index is -0.629. The number of benzene rings is 4. The van der Waals surface area contributed by atoms with Gasteiger partial charge >= 0.3 is 5.97 Å². The molecule has 5 aromatic rings. The summed E-state index contributed by atoms with van der Waals surface area (Å²) in [4.78, 5) is 13.2. The van der Waals surface area contributed by atoms with E-state index in [1.165, 1.54) is 0 Å². The molecule has 0 radical (unpaired) electrons. The van der Waals surface area contributed by atoms with Gasteiger partial charge in [0.1, 0.15) is 35.3 Å². The number of carbonyl (C=O) groups is 1. The van der Waals surface area contributed by atoms with Crippen LogP contribution in [-0.2, 0) is 13.0 Å². The van der Waals surface area contributed by atoms with Crippen LogP contribution in [0.4, 0.5) is 0 Å². The molecule has 0 saturated heterocycles. The highest BCUT2D eigenvalue weighted by Crippen LogP contribution is 2.45. The first-order chi connectivity index (χ1) is 22.3. The molecule has 1 aliphatic rings. The second kappa shape index (κ2) is 12.9. The highest BCUT2D eigenvalue weighted by molar-refractivity contribution is 6.30. The molecular formula is C37H31ClN2O6. The van der Waals surface area contributed by atoms with Crippen molar-refractivity contribution in [2.75, 3.05) is 6.61 Å². The fourth-order valence-corrected chi connectivity index (χ4v) is 5.64. The monoisotopic (exact) mass is 634 g/mol. The number of esters is 1. The van der Waals surface area contributed by atoms with E-state index in [1.54, 1.807) is 18.2 Å². The van der Waals surface area contributed by atoms with Crippen LogP contribution < -0.4 is 24.7 Å². The predicted octanol–water partition coefficient (Wildman–Crippen LogP) is 8.37. The third-order valence-electron chi connectivity index (χ3n) is 7.90. The molecule has 8 nitrogen and oxygen atoms in total. The molecule has 9 heteroatoms. The fourth-order valence-electron chi connectivity index (χ4n) is 5.51. The van der Waals surface area contributed by atoms with Gasteiger partial charge in [0.15, 0.2) is 11.5 Å². The van der Waals surface area contributed by atoms with Crippen molar-refractivity contribution in [1.29, 1.82) is 5.26 Å². The summed E-state index contributed by atoms with van der Waals surface area (Å²) in [6, 6.07) is 26.0. The maximum Gasteiger partial charge on any atom is 0.379 e. The van der Waals surface area contributed by atoms with Gasteiger partial charge in [0.25, 0.3) is 0 Å². The zero-order valence-corrected chi connectivity index (χ0v) is 26.3. The predicted molar refractivity (Wildman–Crippen MR) is 174 cm³/mol. The molecule has 0 aliphatic carbocycles. The number of allylic oxidation sites excluding steroid dienone is 1. The molecular weight excluding hydrogens is 604 g/mol. The Kier molecular flexibility index (Phi) is 8.60. The first-order valence-electron chi connectivity index (χ1n) is 14.9. The van der Waals surface area contributed by atoms with E-state index in [4.69, 9.17) is 40.7 Å². The summed E-state index contributed by atoms with van der Waals surface area (Å²) in [5, 5.41) is 11.6. The highest BCUT2D eigenvalue weighted by atomic mass is 35.5. The average molecular weight is 635 g/mol. The minimum absolute atomic E-state index is 0.0376. The molecule has 1 aromatic heterocycles. The molecule has 4 aromatic carbocycles. The molecule has 1 aliphatic heterocycles. The zero-order valence-electron chi connectivity index (χ0n) is 25.6. The number of rotatable bonds is 9. The number of nitriles is 1. The van der Waals surface area contributed by atoms with Crippen LogP contribution >= 0.6 is 11.6 Å². The lowest BCUT2D eigenvalue weighted by atomic mass is 9.83. The summed E-state index contributed by atoms with van der Waals surface area (Å²) in [5.74, 6) is 0.585. The quantitative estimate of drug-likeness (QED) is 0.127. The summed E-state index contributed by atoms with van der Waals surface area (Å²) < 4.78 is 29.5. The van der Waals surface area contributed by atoms with E-state index in [0.717, 1.165) is 28.5 Å². The van der Waals surface area contributed by atoms with Crippen molar-refractivity contribution in [3.8, 4) is 29.1 Å². The number of hydrogen-bond donors (Lipinski definition) is 1. The lowest BCUT2D eigenvalue weighted by molar-refractivity contribution is 0.0702. The Morgan fingerprint density at radius 1 is 0.957 bits per heavy atom. The van der Waals surface area contributed by atoms with E-state index < -0.39 is 11.9 Å². The fraction of sp³-hybridized carbons (Fsp3) is 0.189. The summed E-state index contributed by atoms with van der Waals surface area (Å²) in [5.41, 5.74) is 11.4. The van der Waals surface area contributed by atoms with Gasteiger partial charge in [-0.2, -0.15) is 5.26 Å². The van der Waals surface area contributed by atoms with E-state index >= 15 is 0 Å². The molecule has 0 bridgehead atoms. The first kappa shape index (κ1) is 30.6. The number of ether oxygens (including phenoxy) is 4. The molecule has 0 saturated carbocycles. The zero-order chi connectivity index (χ0) is 32.4. The van der Waals surface area contributed by atoms with Crippen LogP contribution in [0.5, 0.6) is 23.0 Å². The largest absolute Gasteiger partial charge is 0.490 e. The highest BCUT2D eigenvalue weighted by Gasteiger charge is 2.32. The Labute approximate surface area is 271 Å². The van der Waals surface area contributed by atoms with E-state index in [1.807, 2.05) is 74.5 Å². The third kappa shape index (κ3) is 5.97. The van der Waals surface area contributed by atoms with Crippen molar-refractivity contribution >= 4 is 28.5 Å². The Hall–Kier alpha value is -5.39. The number of halogens is 1. The number of hydrogen-bond acceptors (Lipinski definition) is 8. The smallest absolute Gasteiger partial charge is 0.379 e. The lowest BCUT2D eigenvalue weighted by Crippen LogP contribution is -2.21. The van der Waals surface area contributed by atoms with Crippen LogP contribution in [-0.4, -0.2) is 12.6 Å². The SMILES string of the molecule is CCOc1cc(C2C(C#N)=C(N)Oc3cc(OC(=O)c4oc5ccc(CC)cc5c4C)ccc32)ccc1OCc1ccc(Cl)cc1. The number of carbonyl (C=O) groups excluding carboxylic acids is 1. The second-order valence-corrected chi connectivity index (χ2v) is 11.2. The Morgan fingerprint density at radius 3 is 2.48 bits per heavy atom. The van der Waals surface area contributed by atoms with Crippen molar-refractivity contribution in [3.05, 3.63) is 129 Å². The molecule has 1 unspecified atom stereocenters. The minimum Gasteiger partial charge on any atom is -0.490 e. The standard InChI is InChI=1S/C37H31ClN2O6/c1-4-22-8-14-30-28(16-22)21(3)35(45-30)37(41)44-26-12-13-27-32(18-26)46-36(40)29(19-39)34(27)24-9-15-31(33(17-24)42-5-2)43-20-23-6-10-25(38)11-7-23/h6-18,34H,4-5,20,40H2,1-3H3. The van der Waals surface area contributed by atoms with Gasteiger partial charge < -0.3 is 29.1 Å².